The van der Waals surface area contributed by atoms with Crippen LogP contribution in [0.1, 0.15) is 6.42 Å². The summed E-state index contributed by atoms with van der Waals surface area (Å²) in [5.74, 6) is 0. The molecule has 0 aromatic rings. The van der Waals surface area contributed by atoms with Crippen LogP contribution in [-0.4, -0.2) is 0 Å². The Morgan fingerprint density at radius 1 is 1.30 bits per heavy atom. The fourth-order valence-corrected chi connectivity index (χ4v) is 1.55. The number of allylic oxidation sites excluding steroid dienone is 4. The van der Waals surface area contributed by atoms with Crippen molar-refractivity contribution in [3.63, 3.8) is 0 Å². The van der Waals surface area contributed by atoms with Gasteiger partial charge in [0.15, 0.2) is 0 Å². The van der Waals surface area contributed by atoms with Gasteiger partial charge in [0.1, 0.15) is 0 Å². The van der Waals surface area contributed by atoms with E-state index in [4.69, 9.17) is 0 Å². The summed E-state index contributed by atoms with van der Waals surface area (Å²) >= 11 is 0.292. The summed E-state index contributed by atoms with van der Waals surface area (Å²) in [5.41, 5.74) is 0. The van der Waals surface area contributed by atoms with E-state index in [0.717, 1.165) is 0 Å². The van der Waals surface area contributed by atoms with Crippen LogP contribution >= 0.6 is 50.9 Å². The van der Waals surface area contributed by atoms with Crippen LogP contribution in [0.5, 0.6) is 0 Å². The third-order valence-electron chi connectivity index (χ3n) is 1.09. The summed E-state index contributed by atoms with van der Waals surface area (Å²) < 4.78 is 1.68. The molecule has 0 aromatic heterocycles. The zero-order valence-electron chi connectivity index (χ0n) is 5.66. The van der Waals surface area contributed by atoms with Crippen LogP contribution in [0.25, 0.3) is 0 Å². The quantitative estimate of drug-likeness (QED) is 0.618. The monoisotopic (exact) mass is 368 g/mol. The van der Waals surface area contributed by atoms with Crippen molar-refractivity contribution >= 4 is 50.9 Å². The molecule has 60 valence electrons. The predicted octanol–water partition coefficient (Wildman–Crippen LogP) is 3.69. The van der Waals surface area contributed by atoms with E-state index in [1.807, 2.05) is 0 Å². The standard InChI is InChI=1S/C5H5.CH3.3BrH.Ti/c1-2-4-5-3-1;;;;;/h1-3H,4H2;1H3;3*1H;. The molecule has 0 atom stereocenters. The molecule has 0 nitrogen and oxygen atoms in total. The van der Waals surface area contributed by atoms with Gasteiger partial charge in [-0.1, -0.05) is 0 Å². The van der Waals surface area contributed by atoms with E-state index in [1.54, 1.807) is 3.88 Å². The Balaban J connectivity index is -0.000000163. The summed E-state index contributed by atoms with van der Waals surface area (Å²) in [4.78, 5) is 0. The molecule has 0 spiro atoms. The molecule has 0 saturated heterocycles. The summed E-state index contributed by atoms with van der Waals surface area (Å²) in [6.07, 6.45) is 7.88. The zero-order valence-corrected chi connectivity index (χ0v) is 12.4. The summed E-state index contributed by atoms with van der Waals surface area (Å²) in [6, 6.07) is 0. The Morgan fingerprint density at radius 2 is 1.90 bits per heavy atom. The molecule has 1 rings (SSSR count). The fourth-order valence-electron chi connectivity index (χ4n) is 0.633. The normalized spacial score (nSPS) is 11.9. The van der Waals surface area contributed by atoms with Crippen molar-refractivity contribution in [2.75, 3.05) is 0 Å². The van der Waals surface area contributed by atoms with E-state index in [9.17, 15) is 0 Å². The van der Waals surface area contributed by atoms with E-state index in [2.05, 4.69) is 23.5 Å². The van der Waals surface area contributed by atoms with Gasteiger partial charge in [0.05, 0.1) is 0 Å². The molecule has 0 amide bonds. The van der Waals surface area contributed by atoms with Crippen molar-refractivity contribution in [2.45, 2.75) is 11.6 Å². The molecule has 10 heavy (non-hydrogen) atoms. The van der Waals surface area contributed by atoms with E-state index in [1.165, 1.54) is 6.42 Å². The first-order valence-corrected chi connectivity index (χ1v) is 4.81. The summed E-state index contributed by atoms with van der Waals surface area (Å²) in [6.45, 7) is 0. The van der Waals surface area contributed by atoms with Gasteiger partial charge in [0.25, 0.3) is 0 Å². The van der Waals surface area contributed by atoms with Gasteiger partial charge in [-0.2, -0.15) is 0 Å². The van der Waals surface area contributed by atoms with E-state index >= 15 is 0 Å². The van der Waals surface area contributed by atoms with Crippen LogP contribution < -0.4 is 0 Å². The molecule has 0 heterocycles. The van der Waals surface area contributed by atoms with Crippen LogP contribution in [0.3, 0.4) is 0 Å². The minimum absolute atomic E-state index is 0. The van der Waals surface area contributed by atoms with Crippen LogP contribution in [0.15, 0.2) is 22.1 Å². The van der Waals surface area contributed by atoms with Crippen molar-refractivity contribution in [2.24, 2.45) is 0 Å². The molecule has 0 aliphatic heterocycles. The van der Waals surface area contributed by atoms with Gasteiger partial charge in [-0.05, 0) is 0 Å². The molecule has 0 saturated carbocycles. The molecular formula is C6H11Br3Ti. The average Bonchev–Trinajstić information content (AvgIpc) is 2.14. The first-order chi connectivity index (χ1) is 3.43. The van der Waals surface area contributed by atoms with E-state index in [-0.39, 0.29) is 50.9 Å². The van der Waals surface area contributed by atoms with Crippen molar-refractivity contribution in [1.82, 2.24) is 0 Å². The van der Waals surface area contributed by atoms with E-state index < -0.39 is 0 Å². The van der Waals surface area contributed by atoms with Gasteiger partial charge in [-0.15, -0.1) is 50.9 Å². The SMILES string of the molecule is Br.Br.Br.[CH3][Ti][C]1=CC=CC1. The van der Waals surface area contributed by atoms with Crippen LogP contribution in [0.4, 0.5) is 0 Å². The number of hydrogen-bond acceptors (Lipinski definition) is 0. The molecule has 0 aromatic carbocycles. The van der Waals surface area contributed by atoms with Gasteiger partial charge in [-0.3, -0.25) is 0 Å². The maximum absolute atomic E-state index is 2.32. The van der Waals surface area contributed by atoms with Gasteiger partial charge < -0.3 is 0 Å². The minimum atomic E-state index is 0. The number of halogens is 3. The number of rotatable bonds is 1. The second kappa shape index (κ2) is 10.6. The molecule has 0 unspecified atom stereocenters. The van der Waals surface area contributed by atoms with Gasteiger partial charge >= 0.3 is 52.9 Å². The van der Waals surface area contributed by atoms with Gasteiger partial charge in [0.2, 0.25) is 0 Å². The molecular weight excluding hydrogens is 360 g/mol. The summed E-state index contributed by atoms with van der Waals surface area (Å²) in [5, 5.41) is 2.32. The molecule has 0 radical (unpaired) electrons. The third-order valence-corrected chi connectivity index (χ3v) is 2.67. The van der Waals surface area contributed by atoms with Gasteiger partial charge in [0, 0.05) is 0 Å². The molecule has 1 aliphatic carbocycles. The average molecular weight is 371 g/mol. The Labute approximate surface area is 103 Å². The molecule has 0 fully saturated rings. The second-order valence-corrected chi connectivity index (χ2v) is 3.36. The zero-order chi connectivity index (χ0) is 5.11. The summed E-state index contributed by atoms with van der Waals surface area (Å²) in [7, 11) is 0. The topological polar surface area (TPSA) is 0 Å². The predicted molar refractivity (Wildman–Crippen MR) is 58.7 cm³/mol. The van der Waals surface area contributed by atoms with Crippen molar-refractivity contribution in [1.29, 1.82) is 0 Å². The molecule has 1 aliphatic rings. The van der Waals surface area contributed by atoms with Gasteiger partial charge in [-0.25, -0.2) is 0 Å². The first-order valence-electron chi connectivity index (χ1n) is 2.47. The van der Waals surface area contributed by atoms with Crippen LogP contribution in [0.2, 0.25) is 5.23 Å². The molecule has 0 N–H and O–H groups in total. The molecule has 4 heteroatoms. The number of hydrogen-bond donors (Lipinski definition) is 0. The second-order valence-electron chi connectivity index (χ2n) is 1.57. The molecule has 0 bridgehead atoms. The maximum atomic E-state index is 2.32. The van der Waals surface area contributed by atoms with Crippen molar-refractivity contribution < 1.29 is 19.2 Å². The fraction of sp³-hybridized carbons (Fsp3) is 0.333. The van der Waals surface area contributed by atoms with E-state index in [0.29, 0.717) is 19.2 Å². The first kappa shape index (κ1) is 17.6. The Hall–Kier alpha value is 1.63. The third kappa shape index (κ3) is 6.35. The van der Waals surface area contributed by atoms with Crippen molar-refractivity contribution in [3.05, 3.63) is 22.1 Å². The Bertz CT molecular complexity index is 120. The Morgan fingerprint density at radius 3 is 2.10 bits per heavy atom. The van der Waals surface area contributed by atoms with Crippen LogP contribution in [-0.2, 0) is 19.2 Å². The Kier molecular flexibility index (Phi) is 18.8. The van der Waals surface area contributed by atoms with Crippen LogP contribution in [0, 0.1) is 0 Å². The van der Waals surface area contributed by atoms with Crippen molar-refractivity contribution in [3.8, 4) is 0 Å².